The molecule has 0 aliphatic rings. The molecule has 0 bridgehead atoms. The Bertz CT molecular complexity index is 369. The number of nitrogens with one attached hydrogen (secondary N) is 1. The van der Waals surface area contributed by atoms with Gasteiger partial charge in [0.05, 0.1) is 0 Å². The molecule has 0 fully saturated rings. The highest BCUT2D eigenvalue weighted by Gasteiger charge is 1.97. The van der Waals surface area contributed by atoms with E-state index in [9.17, 15) is 4.39 Å². The van der Waals surface area contributed by atoms with Gasteiger partial charge in [-0.1, -0.05) is 0 Å². The van der Waals surface area contributed by atoms with Crippen molar-refractivity contribution in [2.75, 3.05) is 0 Å². The minimum absolute atomic E-state index is 0.285. The van der Waals surface area contributed by atoms with Crippen LogP contribution < -0.4 is 4.74 Å². The van der Waals surface area contributed by atoms with E-state index in [0.29, 0.717) is 11.8 Å². The number of halogens is 1. The van der Waals surface area contributed by atoms with Crippen molar-refractivity contribution in [2.24, 2.45) is 0 Å². The molecule has 0 aliphatic heterocycles. The third kappa shape index (κ3) is 1.84. The van der Waals surface area contributed by atoms with E-state index in [2.05, 4.69) is 9.97 Å². The summed E-state index contributed by atoms with van der Waals surface area (Å²) in [6, 6.07) is 6.14. The van der Waals surface area contributed by atoms with Gasteiger partial charge in [-0.15, -0.1) is 0 Å². The van der Waals surface area contributed by atoms with Crippen molar-refractivity contribution >= 4 is 0 Å². The van der Waals surface area contributed by atoms with Crippen LogP contribution in [0.25, 0.3) is 0 Å². The van der Waals surface area contributed by atoms with Gasteiger partial charge in [-0.3, -0.25) is 0 Å². The number of benzene rings is 1. The largest absolute Gasteiger partial charge is 0.426 e. The smallest absolute Gasteiger partial charge is 0.299 e. The summed E-state index contributed by atoms with van der Waals surface area (Å²) in [4.78, 5) is 6.64. The lowest BCUT2D eigenvalue weighted by molar-refractivity contribution is 0.446. The third-order valence-electron chi connectivity index (χ3n) is 1.50. The molecule has 13 heavy (non-hydrogen) atoms. The average Bonchev–Trinajstić information content (AvgIpc) is 2.62. The fourth-order valence-electron chi connectivity index (χ4n) is 0.921. The summed E-state index contributed by atoms with van der Waals surface area (Å²) in [7, 11) is 0. The molecule has 0 saturated carbocycles. The predicted octanol–water partition coefficient (Wildman–Crippen LogP) is 2.34. The average molecular weight is 178 g/mol. The first-order valence-electron chi connectivity index (χ1n) is 3.77. The minimum Gasteiger partial charge on any atom is -0.426 e. The van der Waals surface area contributed by atoms with Crippen molar-refractivity contribution in [3.8, 4) is 11.8 Å². The molecule has 0 spiro atoms. The van der Waals surface area contributed by atoms with Gasteiger partial charge in [0.15, 0.2) is 0 Å². The monoisotopic (exact) mass is 178 g/mol. The summed E-state index contributed by atoms with van der Waals surface area (Å²) in [5.74, 6) is 0.267. The molecule has 0 amide bonds. The normalized spacial score (nSPS) is 9.92. The Labute approximate surface area is 74.2 Å². The Hall–Kier alpha value is -1.84. The topological polar surface area (TPSA) is 37.9 Å². The highest BCUT2D eigenvalue weighted by Crippen LogP contribution is 2.16. The van der Waals surface area contributed by atoms with Crippen LogP contribution in [0.4, 0.5) is 4.39 Å². The molecule has 3 nitrogen and oxygen atoms in total. The zero-order valence-electron chi connectivity index (χ0n) is 6.70. The molecule has 1 aromatic carbocycles. The SMILES string of the molecule is Fc1ccc(Oc2ncc[nH]2)cc1. The molecule has 2 rings (SSSR count). The fourth-order valence-corrected chi connectivity index (χ4v) is 0.921. The predicted molar refractivity (Wildman–Crippen MR) is 45.1 cm³/mol. The Morgan fingerprint density at radius 1 is 1.23 bits per heavy atom. The molecular formula is C9H7FN2O. The van der Waals surface area contributed by atoms with Crippen LogP contribution in [0.1, 0.15) is 0 Å². The van der Waals surface area contributed by atoms with Gasteiger partial charge in [-0.25, -0.2) is 9.37 Å². The van der Waals surface area contributed by atoms with Crippen molar-refractivity contribution in [2.45, 2.75) is 0 Å². The second kappa shape index (κ2) is 3.26. The quantitative estimate of drug-likeness (QED) is 0.766. The molecule has 1 aromatic heterocycles. The van der Waals surface area contributed by atoms with Crippen LogP contribution in [0.15, 0.2) is 36.7 Å². The van der Waals surface area contributed by atoms with Crippen LogP contribution in [0.5, 0.6) is 11.8 Å². The van der Waals surface area contributed by atoms with Crippen LogP contribution in [0.2, 0.25) is 0 Å². The molecular weight excluding hydrogens is 171 g/mol. The van der Waals surface area contributed by atoms with Crippen LogP contribution in [-0.4, -0.2) is 9.97 Å². The molecule has 66 valence electrons. The molecule has 0 unspecified atom stereocenters. The zero-order valence-corrected chi connectivity index (χ0v) is 6.70. The van der Waals surface area contributed by atoms with Crippen molar-refractivity contribution in [3.05, 3.63) is 42.5 Å². The molecule has 2 aromatic rings. The van der Waals surface area contributed by atoms with Crippen molar-refractivity contribution < 1.29 is 9.13 Å². The van der Waals surface area contributed by atoms with Crippen LogP contribution >= 0.6 is 0 Å². The second-order valence-corrected chi connectivity index (χ2v) is 2.45. The molecule has 0 atom stereocenters. The molecule has 1 heterocycles. The van der Waals surface area contributed by atoms with Gasteiger partial charge in [0.2, 0.25) is 0 Å². The van der Waals surface area contributed by atoms with Crippen LogP contribution in [0, 0.1) is 5.82 Å². The lowest BCUT2D eigenvalue weighted by Gasteiger charge is -1.99. The van der Waals surface area contributed by atoms with Gasteiger partial charge in [0.1, 0.15) is 11.6 Å². The van der Waals surface area contributed by atoms with E-state index in [1.807, 2.05) is 0 Å². The maximum Gasteiger partial charge on any atom is 0.299 e. The first kappa shape index (κ1) is 7.79. The van der Waals surface area contributed by atoms with Crippen molar-refractivity contribution in [1.29, 1.82) is 0 Å². The summed E-state index contributed by atoms with van der Waals surface area (Å²) in [6.07, 6.45) is 3.23. The number of H-pyrrole nitrogens is 1. The van der Waals surface area contributed by atoms with E-state index in [4.69, 9.17) is 4.74 Å². The van der Waals surface area contributed by atoms with E-state index < -0.39 is 0 Å². The standard InChI is InChI=1S/C9H7FN2O/c10-7-1-3-8(4-2-7)13-9-11-5-6-12-9/h1-6H,(H,11,12). The molecule has 0 saturated heterocycles. The third-order valence-corrected chi connectivity index (χ3v) is 1.50. The summed E-state index contributed by atoms with van der Waals surface area (Å²) >= 11 is 0. The van der Waals surface area contributed by atoms with Gasteiger partial charge < -0.3 is 9.72 Å². The number of hydrogen-bond acceptors (Lipinski definition) is 2. The van der Waals surface area contributed by atoms with E-state index in [-0.39, 0.29) is 5.82 Å². The number of nitrogens with zero attached hydrogens (tertiary/aromatic N) is 1. The van der Waals surface area contributed by atoms with Crippen molar-refractivity contribution in [3.63, 3.8) is 0 Å². The van der Waals surface area contributed by atoms with Crippen molar-refractivity contribution in [1.82, 2.24) is 9.97 Å². The molecule has 1 N–H and O–H groups in total. The lowest BCUT2D eigenvalue weighted by Crippen LogP contribution is -1.85. The van der Waals surface area contributed by atoms with E-state index in [0.717, 1.165) is 0 Å². The number of aromatic nitrogens is 2. The molecule has 0 radical (unpaired) electrons. The Morgan fingerprint density at radius 2 is 2.00 bits per heavy atom. The maximum absolute atomic E-state index is 12.5. The Balaban J connectivity index is 2.15. The highest BCUT2D eigenvalue weighted by molar-refractivity contribution is 5.24. The summed E-state index contributed by atoms with van der Waals surface area (Å²) in [6.45, 7) is 0. The van der Waals surface area contributed by atoms with Gasteiger partial charge in [0.25, 0.3) is 6.01 Å². The highest BCUT2D eigenvalue weighted by atomic mass is 19.1. The number of aromatic amines is 1. The van der Waals surface area contributed by atoms with Gasteiger partial charge in [-0.05, 0) is 24.3 Å². The maximum atomic E-state index is 12.5. The molecule has 0 aliphatic carbocycles. The van der Waals surface area contributed by atoms with E-state index >= 15 is 0 Å². The van der Waals surface area contributed by atoms with Crippen LogP contribution in [-0.2, 0) is 0 Å². The first-order chi connectivity index (χ1) is 6.34. The fraction of sp³-hybridized carbons (Fsp3) is 0. The zero-order chi connectivity index (χ0) is 9.10. The van der Waals surface area contributed by atoms with E-state index in [1.54, 1.807) is 12.4 Å². The van der Waals surface area contributed by atoms with Gasteiger partial charge >= 0.3 is 0 Å². The number of ether oxygens (including phenoxy) is 1. The number of hydrogen-bond donors (Lipinski definition) is 1. The summed E-state index contributed by atoms with van der Waals surface area (Å²) < 4.78 is 17.7. The number of rotatable bonds is 2. The first-order valence-corrected chi connectivity index (χ1v) is 3.77. The molecule has 4 heteroatoms. The van der Waals surface area contributed by atoms with Gasteiger partial charge in [-0.2, -0.15) is 0 Å². The second-order valence-electron chi connectivity index (χ2n) is 2.45. The van der Waals surface area contributed by atoms with E-state index in [1.165, 1.54) is 24.3 Å². The summed E-state index contributed by atoms with van der Waals surface area (Å²) in [5.41, 5.74) is 0. The summed E-state index contributed by atoms with van der Waals surface area (Å²) in [5, 5.41) is 0. The van der Waals surface area contributed by atoms with Gasteiger partial charge in [0, 0.05) is 12.4 Å². The van der Waals surface area contributed by atoms with Crippen LogP contribution in [0.3, 0.4) is 0 Å². The minimum atomic E-state index is -0.285. The Kier molecular flexibility index (Phi) is 1.96. The number of imidazole rings is 1. The Morgan fingerprint density at radius 3 is 2.62 bits per heavy atom. The lowest BCUT2D eigenvalue weighted by atomic mass is 10.3.